The van der Waals surface area contributed by atoms with E-state index in [1.165, 1.54) is 12.4 Å². The highest BCUT2D eigenvalue weighted by molar-refractivity contribution is 6.03. The van der Waals surface area contributed by atoms with Crippen LogP contribution >= 0.6 is 0 Å². The molecule has 0 bridgehead atoms. The number of carbonyl (C=O) groups excluding carboxylic acids is 2. The maximum atomic E-state index is 12.3. The molecule has 5 nitrogen and oxygen atoms in total. The summed E-state index contributed by atoms with van der Waals surface area (Å²) in [6, 6.07) is 15.7. The van der Waals surface area contributed by atoms with E-state index in [4.69, 9.17) is 0 Å². The van der Waals surface area contributed by atoms with Crippen molar-refractivity contribution < 1.29 is 9.59 Å². The summed E-state index contributed by atoms with van der Waals surface area (Å²) in [7, 11) is 0. The molecule has 0 aliphatic carbocycles. The largest absolute Gasteiger partial charge is 0.320 e. The van der Waals surface area contributed by atoms with Crippen molar-refractivity contribution in [2.45, 2.75) is 6.92 Å². The number of carbonyl (C=O) groups is 2. The van der Waals surface area contributed by atoms with Crippen LogP contribution in [0.4, 0.5) is 5.69 Å². The maximum Gasteiger partial charge on any atom is 0.275 e. The van der Waals surface area contributed by atoms with Gasteiger partial charge in [0.15, 0.2) is 6.29 Å². The average Bonchev–Trinajstić information content (AvgIpc) is 2.64. The van der Waals surface area contributed by atoms with Gasteiger partial charge in [0.25, 0.3) is 5.91 Å². The van der Waals surface area contributed by atoms with Gasteiger partial charge in [-0.1, -0.05) is 42.5 Å². The van der Waals surface area contributed by atoms with E-state index in [9.17, 15) is 9.59 Å². The van der Waals surface area contributed by atoms with Crippen molar-refractivity contribution in [1.82, 2.24) is 9.97 Å². The van der Waals surface area contributed by atoms with E-state index in [2.05, 4.69) is 15.3 Å². The summed E-state index contributed by atoms with van der Waals surface area (Å²) in [6.07, 6.45) is 3.15. The lowest BCUT2D eigenvalue weighted by Crippen LogP contribution is -2.15. The van der Waals surface area contributed by atoms with Gasteiger partial charge in [0.05, 0.1) is 12.4 Å². The van der Waals surface area contributed by atoms with Gasteiger partial charge in [-0.05, 0) is 29.7 Å². The molecule has 0 saturated heterocycles. The molecule has 118 valence electrons. The minimum atomic E-state index is -0.367. The van der Waals surface area contributed by atoms with Crippen molar-refractivity contribution in [2.24, 2.45) is 0 Å². The molecule has 24 heavy (non-hydrogen) atoms. The van der Waals surface area contributed by atoms with Crippen LogP contribution in [0.25, 0.3) is 11.1 Å². The van der Waals surface area contributed by atoms with Crippen LogP contribution in [0.2, 0.25) is 0 Å². The van der Waals surface area contributed by atoms with Crippen LogP contribution in [-0.2, 0) is 0 Å². The summed E-state index contributed by atoms with van der Waals surface area (Å²) in [5, 5.41) is 2.84. The van der Waals surface area contributed by atoms with E-state index >= 15 is 0 Å². The summed E-state index contributed by atoms with van der Waals surface area (Å²) in [5.74, 6) is -0.367. The van der Waals surface area contributed by atoms with E-state index in [0.717, 1.165) is 16.7 Å². The first-order valence-electron chi connectivity index (χ1n) is 7.42. The lowest BCUT2D eigenvalue weighted by molar-refractivity contribution is 0.102. The highest BCUT2D eigenvalue weighted by Gasteiger charge is 2.12. The average molecular weight is 317 g/mol. The Labute approximate surface area is 139 Å². The fourth-order valence-electron chi connectivity index (χ4n) is 2.40. The molecule has 0 saturated carbocycles. The number of amides is 1. The van der Waals surface area contributed by atoms with E-state index in [1.54, 1.807) is 0 Å². The Morgan fingerprint density at radius 2 is 1.79 bits per heavy atom. The Kier molecular flexibility index (Phi) is 4.43. The van der Waals surface area contributed by atoms with Gasteiger partial charge in [0, 0.05) is 5.69 Å². The quantitative estimate of drug-likeness (QED) is 0.747. The normalized spacial score (nSPS) is 10.2. The summed E-state index contributed by atoms with van der Waals surface area (Å²) in [6.45, 7) is 1.96. The molecule has 1 N–H and O–H groups in total. The fraction of sp³-hybridized carbons (Fsp3) is 0.0526. The lowest BCUT2D eigenvalue weighted by atomic mass is 9.99. The van der Waals surface area contributed by atoms with Crippen molar-refractivity contribution in [1.29, 1.82) is 0 Å². The summed E-state index contributed by atoms with van der Waals surface area (Å²) < 4.78 is 0. The first-order chi connectivity index (χ1) is 11.7. The Hall–Kier alpha value is -3.34. The molecule has 0 aliphatic heterocycles. The third kappa shape index (κ3) is 3.20. The number of anilines is 1. The third-order valence-electron chi connectivity index (χ3n) is 3.69. The monoisotopic (exact) mass is 317 g/mol. The molecule has 0 atom stereocenters. The molecule has 0 radical (unpaired) electrons. The van der Waals surface area contributed by atoms with Gasteiger partial charge >= 0.3 is 0 Å². The second-order valence-electron chi connectivity index (χ2n) is 5.24. The van der Waals surface area contributed by atoms with Crippen LogP contribution < -0.4 is 5.32 Å². The molecule has 3 rings (SSSR count). The zero-order valence-corrected chi connectivity index (χ0v) is 13.1. The van der Waals surface area contributed by atoms with Crippen molar-refractivity contribution >= 4 is 17.9 Å². The molecule has 1 heterocycles. The lowest BCUT2D eigenvalue weighted by Gasteiger charge is -2.12. The second-order valence-corrected chi connectivity index (χ2v) is 5.24. The second kappa shape index (κ2) is 6.83. The SMILES string of the molecule is Cc1c(NC(=O)c2cnc(C=O)cn2)cccc1-c1ccccc1. The van der Waals surface area contributed by atoms with Crippen LogP contribution in [-0.4, -0.2) is 22.2 Å². The predicted molar refractivity (Wildman–Crippen MR) is 92.0 cm³/mol. The van der Waals surface area contributed by atoms with Crippen LogP contribution in [0.5, 0.6) is 0 Å². The fourth-order valence-corrected chi connectivity index (χ4v) is 2.40. The van der Waals surface area contributed by atoms with E-state index in [-0.39, 0.29) is 17.3 Å². The number of nitrogens with one attached hydrogen (secondary N) is 1. The van der Waals surface area contributed by atoms with Crippen LogP contribution in [0.15, 0.2) is 60.9 Å². The summed E-state index contributed by atoms with van der Waals surface area (Å²) >= 11 is 0. The number of benzene rings is 2. The number of hydrogen-bond donors (Lipinski definition) is 1. The van der Waals surface area contributed by atoms with Crippen LogP contribution in [0, 0.1) is 6.92 Å². The molecule has 0 aliphatic rings. The van der Waals surface area contributed by atoms with Gasteiger partial charge in [-0.15, -0.1) is 0 Å². The van der Waals surface area contributed by atoms with Crippen LogP contribution in [0.1, 0.15) is 26.5 Å². The topological polar surface area (TPSA) is 72.0 Å². The highest BCUT2D eigenvalue weighted by Crippen LogP contribution is 2.28. The molecule has 0 spiro atoms. The smallest absolute Gasteiger partial charge is 0.275 e. The molecular weight excluding hydrogens is 302 g/mol. The number of nitrogens with zero attached hydrogens (tertiary/aromatic N) is 2. The van der Waals surface area contributed by atoms with Crippen molar-refractivity contribution in [3.05, 3.63) is 77.9 Å². The number of hydrogen-bond acceptors (Lipinski definition) is 4. The van der Waals surface area contributed by atoms with Gasteiger partial charge < -0.3 is 5.32 Å². The maximum absolute atomic E-state index is 12.3. The van der Waals surface area contributed by atoms with Gasteiger partial charge in [-0.2, -0.15) is 0 Å². The standard InChI is InChI=1S/C19H15N3O2/c1-13-16(14-6-3-2-4-7-14)8-5-9-17(13)22-19(24)18-11-20-15(12-23)10-21-18/h2-12H,1H3,(H,22,24). The molecule has 0 fully saturated rings. The molecule has 3 aromatic rings. The van der Waals surface area contributed by atoms with Gasteiger partial charge in [-0.25, -0.2) is 9.97 Å². The van der Waals surface area contributed by atoms with E-state index in [0.29, 0.717) is 12.0 Å². The molecule has 1 aromatic heterocycles. The minimum absolute atomic E-state index is 0.158. The first kappa shape index (κ1) is 15.6. The predicted octanol–water partition coefficient (Wildman–Crippen LogP) is 3.52. The third-order valence-corrected chi connectivity index (χ3v) is 3.69. The first-order valence-corrected chi connectivity index (χ1v) is 7.42. The van der Waals surface area contributed by atoms with E-state index < -0.39 is 0 Å². The Balaban J connectivity index is 1.87. The molecular formula is C19H15N3O2. The highest BCUT2D eigenvalue weighted by atomic mass is 16.2. The van der Waals surface area contributed by atoms with Gasteiger partial charge in [-0.3, -0.25) is 9.59 Å². The van der Waals surface area contributed by atoms with Gasteiger partial charge in [0.1, 0.15) is 11.4 Å². The van der Waals surface area contributed by atoms with Crippen molar-refractivity contribution in [3.8, 4) is 11.1 Å². The van der Waals surface area contributed by atoms with Crippen molar-refractivity contribution in [3.63, 3.8) is 0 Å². The van der Waals surface area contributed by atoms with Crippen molar-refractivity contribution in [2.75, 3.05) is 5.32 Å². The zero-order valence-electron chi connectivity index (χ0n) is 13.1. The number of aromatic nitrogens is 2. The minimum Gasteiger partial charge on any atom is -0.320 e. The summed E-state index contributed by atoms with van der Waals surface area (Å²) in [4.78, 5) is 30.7. The Morgan fingerprint density at radius 1 is 1.00 bits per heavy atom. The zero-order chi connectivity index (χ0) is 16.9. The van der Waals surface area contributed by atoms with Crippen LogP contribution in [0.3, 0.4) is 0 Å². The molecule has 0 unspecified atom stereocenters. The Morgan fingerprint density at radius 3 is 2.46 bits per heavy atom. The Bertz CT molecular complexity index is 875. The summed E-state index contributed by atoms with van der Waals surface area (Å²) in [5.41, 5.74) is 4.16. The van der Waals surface area contributed by atoms with Gasteiger partial charge in [0.2, 0.25) is 0 Å². The molecule has 1 amide bonds. The molecule has 2 aromatic carbocycles. The number of rotatable bonds is 4. The molecule has 5 heteroatoms. The number of aldehydes is 1. The van der Waals surface area contributed by atoms with E-state index in [1.807, 2.05) is 55.5 Å².